The minimum atomic E-state index is 0.504. The Hall–Kier alpha value is -2.63. The lowest BCUT2D eigenvalue weighted by atomic mass is 10.2. The minimum absolute atomic E-state index is 0.504. The summed E-state index contributed by atoms with van der Waals surface area (Å²) in [5.41, 5.74) is 2.44. The van der Waals surface area contributed by atoms with Crippen molar-refractivity contribution in [3.8, 4) is 11.6 Å². The van der Waals surface area contributed by atoms with E-state index in [1.54, 1.807) is 6.33 Å². The maximum atomic E-state index is 6.23. The van der Waals surface area contributed by atoms with E-state index in [9.17, 15) is 0 Å². The van der Waals surface area contributed by atoms with Gasteiger partial charge in [-0.3, -0.25) is 4.90 Å². The highest BCUT2D eigenvalue weighted by atomic mass is 35.5. The van der Waals surface area contributed by atoms with Gasteiger partial charge in [0.1, 0.15) is 17.9 Å². The first-order valence-corrected chi connectivity index (χ1v) is 9.82. The van der Waals surface area contributed by atoms with Crippen LogP contribution in [0.15, 0.2) is 60.9 Å². The molecule has 1 fully saturated rings. The molecule has 0 bridgehead atoms. The van der Waals surface area contributed by atoms with Crippen molar-refractivity contribution in [2.24, 2.45) is 0 Å². The number of ether oxygens (including phenoxy) is 1. The van der Waals surface area contributed by atoms with Crippen LogP contribution in [0.5, 0.6) is 11.6 Å². The fraction of sp³-hybridized carbons (Fsp3) is 0.273. The Kier molecular flexibility index (Phi) is 5.74. The molecular weight excluding hydrogens is 372 g/mol. The third kappa shape index (κ3) is 4.61. The van der Waals surface area contributed by atoms with Crippen LogP contribution < -0.4 is 9.64 Å². The van der Waals surface area contributed by atoms with Gasteiger partial charge in [-0.15, -0.1) is 0 Å². The number of nitrogens with zero attached hydrogens (tertiary/aromatic N) is 4. The molecule has 0 amide bonds. The number of aryl methyl sites for hydroxylation is 1. The van der Waals surface area contributed by atoms with E-state index in [0.29, 0.717) is 16.7 Å². The zero-order valence-electron chi connectivity index (χ0n) is 15.9. The first-order valence-electron chi connectivity index (χ1n) is 9.45. The van der Waals surface area contributed by atoms with Crippen molar-refractivity contribution in [2.45, 2.75) is 13.5 Å². The maximum absolute atomic E-state index is 6.23. The van der Waals surface area contributed by atoms with E-state index in [1.807, 2.05) is 31.2 Å². The molecule has 28 heavy (non-hydrogen) atoms. The molecule has 1 aliphatic heterocycles. The van der Waals surface area contributed by atoms with Gasteiger partial charge in [0.2, 0.25) is 5.88 Å². The van der Waals surface area contributed by atoms with Gasteiger partial charge in [0.15, 0.2) is 0 Å². The summed E-state index contributed by atoms with van der Waals surface area (Å²) >= 11 is 6.23. The second-order valence-electron chi connectivity index (χ2n) is 7.00. The third-order valence-corrected chi connectivity index (χ3v) is 5.19. The minimum Gasteiger partial charge on any atom is -0.437 e. The SMILES string of the molecule is Cc1ccc(Cl)c(Oc2cc(N3CCN(Cc4ccccc4)CC3)ncn2)c1. The standard InChI is InChI=1S/C22H23ClN4O/c1-17-7-8-19(23)20(13-17)28-22-14-21(24-16-25-22)27-11-9-26(10-12-27)15-18-5-3-2-4-6-18/h2-8,13-14,16H,9-12,15H2,1H3. The quantitative estimate of drug-likeness (QED) is 0.634. The summed E-state index contributed by atoms with van der Waals surface area (Å²) in [5.74, 6) is 2.00. The van der Waals surface area contributed by atoms with Crippen LogP contribution in [0.25, 0.3) is 0 Å². The van der Waals surface area contributed by atoms with E-state index in [-0.39, 0.29) is 0 Å². The molecule has 5 nitrogen and oxygen atoms in total. The lowest BCUT2D eigenvalue weighted by Crippen LogP contribution is -2.46. The number of aromatic nitrogens is 2. The van der Waals surface area contributed by atoms with Crippen molar-refractivity contribution >= 4 is 17.4 Å². The van der Waals surface area contributed by atoms with Crippen molar-refractivity contribution in [1.29, 1.82) is 0 Å². The van der Waals surface area contributed by atoms with Gasteiger partial charge in [0.05, 0.1) is 5.02 Å². The van der Waals surface area contributed by atoms with Crippen molar-refractivity contribution in [3.63, 3.8) is 0 Å². The van der Waals surface area contributed by atoms with Crippen LogP contribution in [0.4, 0.5) is 5.82 Å². The first-order chi connectivity index (χ1) is 13.7. The Morgan fingerprint density at radius 3 is 2.54 bits per heavy atom. The van der Waals surface area contributed by atoms with Gasteiger partial charge in [-0.1, -0.05) is 48.0 Å². The lowest BCUT2D eigenvalue weighted by molar-refractivity contribution is 0.249. The molecule has 2 heterocycles. The van der Waals surface area contributed by atoms with Crippen molar-refractivity contribution in [1.82, 2.24) is 14.9 Å². The van der Waals surface area contributed by atoms with Crippen LogP contribution in [0, 0.1) is 6.92 Å². The zero-order valence-corrected chi connectivity index (χ0v) is 16.6. The van der Waals surface area contributed by atoms with Crippen LogP contribution in [-0.4, -0.2) is 41.0 Å². The number of anilines is 1. The molecule has 0 N–H and O–H groups in total. The highest BCUT2D eigenvalue weighted by Gasteiger charge is 2.19. The molecule has 0 aliphatic carbocycles. The Balaban J connectivity index is 1.39. The number of rotatable bonds is 5. The average molecular weight is 395 g/mol. The largest absolute Gasteiger partial charge is 0.437 e. The predicted octanol–water partition coefficient (Wildman–Crippen LogP) is 4.55. The summed E-state index contributed by atoms with van der Waals surface area (Å²) < 4.78 is 5.90. The Morgan fingerprint density at radius 1 is 0.964 bits per heavy atom. The zero-order chi connectivity index (χ0) is 19.3. The molecule has 2 aromatic carbocycles. The number of piperazine rings is 1. The molecule has 1 aromatic heterocycles. The van der Waals surface area contributed by atoms with Gasteiger partial charge < -0.3 is 9.64 Å². The van der Waals surface area contributed by atoms with E-state index in [1.165, 1.54) is 5.56 Å². The van der Waals surface area contributed by atoms with Crippen LogP contribution in [0.2, 0.25) is 5.02 Å². The van der Waals surface area contributed by atoms with Crippen molar-refractivity contribution < 1.29 is 4.74 Å². The summed E-state index contributed by atoms with van der Waals surface area (Å²) in [6.07, 6.45) is 1.55. The summed E-state index contributed by atoms with van der Waals surface area (Å²) in [7, 11) is 0. The molecule has 0 saturated carbocycles. The summed E-state index contributed by atoms with van der Waals surface area (Å²) in [6, 6.07) is 18.2. The second kappa shape index (κ2) is 8.59. The predicted molar refractivity (Wildman–Crippen MR) is 112 cm³/mol. The number of hydrogen-bond acceptors (Lipinski definition) is 5. The van der Waals surface area contributed by atoms with E-state index < -0.39 is 0 Å². The summed E-state index contributed by atoms with van der Waals surface area (Å²) in [6.45, 7) is 6.84. The molecule has 1 aliphatic rings. The third-order valence-electron chi connectivity index (χ3n) is 4.87. The number of benzene rings is 2. The van der Waals surface area contributed by atoms with E-state index >= 15 is 0 Å². The molecule has 0 unspecified atom stereocenters. The van der Waals surface area contributed by atoms with Crippen LogP contribution in [0.3, 0.4) is 0 Å². The van der Waals surface area contributed by atoms with Crippen LogP contribution >= 0.6 is 11.6 Å². The van der Waals surface area contributed by atoms with E-state index in [4.69, 9.17) is 16.3 Å². The molecule has 1 saturated heterocycles. The van der Waals surface area contributed by atoms with Gasteiger partial charge in [0, 0.05) is 38.8 Å². The number of hydrogen-bond donors (Lipinski definition) is 0. The monoisotopic (exact) mass is 394 g/mol. The van der Waals surface area contributed by atoms with Crippen LogP contribution in [-0.2, 0) is 6.54 Å². The average Bonchev–Trinajstić information content (AvgIpc) is 2.72. The normalized spacial score (nSPS) is 14.9. The lowest BCUT2D eigenvalue weighted by Gasteiger charge is -2.35. The highest BCUT2D eigenvalue weighted by molar-refractivity contribution is 6.32. The van der Waals surface area contributed by atoms with Gasteiger partial charge in [0.25, 0.3) is 0 Å². The first kappa shape index (κ1) is 18.7. The fourth-order valence-electron chi connectivity index (χ4n) is 3.34. The smallest absolute Gasteiger partial charge is 0.224 e. The molecule has 3 aromatic rings. The van der Waals surface area contributed by atoms with E-state index in [0.717, 1.165) is 44.1 Å². The van der Waals surface area contributed by atoms with Gasteiger partial charge in [-0.2, -0.15) is 0 Å². The molecule has 0 radical (unpaired) electrons. The fourth-order valence-corrected chi connectivity index (χ4v) is 3.49. The second-order valence-corrected chi connectivity index (χ2v) is 7.41. The molecule has 4 rings (SSSR count). The number of halogens is 1. The van der Waals surface area contributed by atoms with Crippen LogP contribution in [0.1, 0.15) is 11.1 Å². The highest BCUT2D eigenvalue weighted by Crippen LogP contribution is 2.30. The van der Waals surface area contributed by atoms with Gasteiger partial charge >= 0.3 is 0 Å². The summed E-state index contributed by atoms with van der Waals surface area (Å²) in [5, 5.41) is 0.570. The van der Waals surface area contributed by atoms with Gasteiger partial charge in [-0.05, 0) is 30.2 Å². The Bertz CT molecular complexity index is 927. The summed E-state index contributed by atoms with van der Waals surface area (Å²) in [4.78, 5) is 13.4. The maximum Gasteiger partial charge on any atom is 0.224 e. The van der Waals surface area contributed by atoms with Crippen molar-refractivity contribution in [3.05, 3.63) is 77.1 Å². The molecule has 0 atom stereocenters. The Morgan fingerprint density at radius 2 is 1.75 bits per heavy atom. The molecule has 6 heteroatoms. The van der Waals surface area contributed by atoms with E-state index in [2.05, 4.69) is 50.1 Å². The van der Waals surface area contributed by atoms with Crippen molar-refractivity contribution in [2.75, 3.05) is 31.1 Å². The van der Waals surface area contributed by atoms with Gasteiger partial charge in [-0.25, -0.2) is 9.97 Å². The molecule has 144 valence electrons. The Labute approximate surface area is 170 Å². The molecular formula is C22H23ClN4O. The topological polar surface area (TPSA) is 41.5 Å². The molecule has 0 spiro atoms.